The first-order valence-electron chi connectivity index (χ1n) is 12.4. The van der Waals surface area contributed by atoms with Crippen molar-refractivity contribution in [1.29, 1.82) is 0 Å². The first-order chi connectivity index (χ1) is 18.9. The first-order valence-corrected chi connectivity index (χ1v) is 13.2. The van der Waals surface area contributed by atoms with Crippen LogP contribution in [0.2, 0.25) is 0 Å². The Morgan fingerprint density at radius 3 is 2.69 bits per heavy atom. The van der Waals surface area contributed by atoms with Crippen LogP contribution in [0.4, 0.5) is 15.5 Å². The van der Waals surface area contributed by atoms with Crippen molar-refractivity contribution >= 4 is 33.7 Å². The molecule has 5 heterocycles. The number of nitrogens with zero attached hydrogens (tertiary/aromatic N) is 5. The molecule has 0 bridgehead atoms. The van der Waals surface area contributed by atoms with Gasteiger partial charge in [0.25, 0.3) is 5.56 Å². The zero-order valence-corrected chi connectivity index (χ0v) is 22.7. The fraction of sp³-hybridized carbons (Fsp3) is 0.346. The predicted molar refractivity (Wildman–Crippen MR) is 148 cm³/mol. The molecule has 0 spiro atoms. The lowest BCUT2D eigenvalue weighted by Gasteiger charge is -2.26. The summed E-state index contributed by atoms with van der Waals surface area (Å²) in [5, 5.41) is 7.13. The number of nitrogens with one attached hydrogen (secondary N) is 2. The number of aromatic nitrogens is 4. The molecule has 2 N–H and O–H groups in total. The molecule has 39 heavy (non-hydrogen) atoms. The molecular weight excluding hydrogens is 522 g/mol. The summed E-state index contributed by atoms with van der Waals surface area (Å²) in [4.78, 5) is 41.1. The Hall–Kier alpha value is -4.07. The summed E-state index contributed by atoms with van der Waals surface area (Å²) in [7, 11) is 1.48. The second-order valence-electron chi connectivity index (χ2n) is 8.88. The van der Waals surface area contributed by atoms with Gasteiger partial charge in [0.1, 0.15) is 22.9 Å². The van der Waals surface area contributed by atoms with E-state index in [9.17, 15) is 9.59 Å². The summed E-state index contributed by atoms with van der Waals surface area (Å²) in [6.45, 7) is 7.90. The molecule has 0 aliphatic carbocycles. The molecule has 0 aromatic carbocycles. The second kappa shape index (κ2) is 11.8. The molecule has 2 amide bonds. The predicted octanol–water partition coefficient (Wildman–Crippen LogP) is 3.19. The van der Waals surface area contributed by atoms with Crippen LogP contribution in [0.3, 0.4) is 0 Å². The van der Waals surface area contributed by atoms with E-state index in [0.717, 1.165) is 23.8 Å². The number of carbonyl (C=O) groups excluding carboxylic acids is 1. The summed E-state index contributed by atoms with van der Waals surface area (Å²) >= 11 is 1.39. The van der Waals surface area contributed by atoms with Crippen LogP contribution >= 0.6 is 11.3 Å². The van der Waals surface area contributed by atoms with Gasteiger partial charge in [-0.25, -0.2) is 19.7 Å². The van der Waals surface area contributed by atoms with E-state index in [4.69, 9.17) is 14.2 Å². The maximum atomic E-state index is 13.2. The number of morpholine rings is 1. The molecule has 5 rings (SSSR count). The van der Waals surface area contributed by atoms with Crippen LogP contribution in [0.1, 0.15) is 10.7 Å². The van der Waals surface area contributed by atoms with E-state index in [2.05, 4.69) is 30.5 Å². The standard InChI is InChI=1S/C26H29N7O5S/c1-16-24(39-17(2)29-16)31-26(35)30-20-12-19(13-28-23(20)36-3)18-4-5-22-27-14-21(25(34)33(22)15-18)38-11-8-32-6-9-37-10-7-32/h4-5,12-15H,6-11H2,1-3H3,(H2,30,31,35). The number of urea groups is 1. The van der Waals surface area contributed by atoms with Gasteiger partial charge in [0.05, 0.1) is 37.2 Å². The first kappa shape index (κ1) is 26.5. The molecule has 0 saturated carbocycles. The Bertz CT molecular complexity index is 1550. The van der Waals surface area contributed by atoms with Gasteiger partial charge < -0.3 is 19.5 Å². The molecule has 4 aromatic heterocycles. The van der Waals surface area contributed by atoms with E-state index in [-0.39, 0.29) is 17.2 Å². The Morgan fingerprint density at radius 2 is 1.95 bits per heavy atom. The Labute approximate surface area is 228 Å². The molecule has 0 unspecified atom stereocenters. The zero-order chi connectivity index (χ0) is 27.4. The summed E-state index contributed by atoms with van der Waals surface area (Å²) in [6.07, 6.45) is 4.75. The fourth-order valence-corrected chi connectivity index (χ4v) is 5.02. The monoisotopic (exact) mass is 551 g/mol. The van der Waals surface area contributed by atoms with Crippen LogP contribution in [0.25, 0.3) is 16.8 Å². The van der Waals surface area contributed by atoms with Crippen molar-refractivity contribution in [2.45, 2.75) is 13.8 Å². The zero-order valence-electron chi connectivity index (χ0n) is 21.9. The van der Waals surface area contributed by atoms with Gasteiger partial charge in [-0.3, -0.25) is 19.4 Å². The van der Waals surface area contributed by atoms with Crippen LogP contribution in [-0.4, -0.2) is 76.8 Å². The van der Waals surface area contributed by atoms with Crippen molar-refractivity contribution in [3.8, 4) is 22.8 Å². The summed E-state index contributed by atoms with van der Waals surface area (Å²) in [6, 6.07) is 4.86. The van der Waals surface area contributed by atoms with Gasteiger partial charge in [0, 0.05) is 43.2 Å². The van der Waals surface area contributed by atoms with Gasteiger partial charge >= 0.3 is 6.03 Å². The van der Waals surface area contributed by atoms with Crippen molar-refractivity contribution < 1.29 is 19.0 Å². The number of pyridine rings is 2. The van der Waals surface area contributed by atoms with Gasteiger partial charge in [-0.05, 0) is 32.0 Å². The largest absolute Gasteiger partial charge is 0.485 e. The molecule has 13 heteroatoms. The average molecular weight is 552 g/mol. The van der Waals surface area contributed by atoms with Crippen molar-refractivity contribution in [2.24, 2.45) is 0 Å². The highest BCUT2D eigenvalue weighted by Gasteiger charge is 2.15. The fourth-order valence-electron chi connectivity index (χ4n) is 4.20. The minimum atomic E-state index is -0.447. The lowest BCUT2D eigenvalue weighted by molar-refractivity contribution is 0.0321. The third-order valence-corrected chi connectivity index (χ3v) is 7.18. The highest BCUT2D eigenvalue weighted by molar-refractivity contribution is 7.16. The van der Waals surface area contributed by atoms with Crippen LogP contribution in [0.5, 0.6) is 11.6 Å². The Kier molecular flexibility index (Phi) is 8.00. The lowest BCUT2D eigenvalue weighted by atomic mass is 10.1. The maximum Gasteiger partial charge on any atom is 0.324 e. The van der Waals surface area contributed by atoms with Crippen LogP contribution in [0.15, 0.2) is 41.6 Å². The number of rotatable bonds is 8. The molecule has 1 fully saturated rings. The summed E-state index contributed by atoms with van der Waals surface area (Å²) in [5.41, 5.74) is 2.66. The normalized spacial score (nSPS) is 13.8. The molecule has 204 valence electrons. The van der Waals surface area contributed by atoms with Crippen molar-refractivity contribution in [2.75, 3.05) is 57.2 Å². The van der Waals surface area contributed by atoms with Crippen LogP contribution < -0.4 is 25.7 Å². The Morgan fingerprint density at radius 1 is 1.13 bits per heavy atom. The molecule has 1 aliphatic heterocycles. The van der Waals surface area contributed by atoms with E-state index >= 15 is 0 Å². The smallest absolute Gasteiger partial charge is 0.324 e. The van der Waals surface area contributed by atoms with Gasteiger partial charge in [-0.2, -0.15) is 0 Å². The minimum absolute atomic E-state index is 0.179. The number of hydrogen-bond acceptors (Lipinski definition) is 10. The number of thiazole rings is 1. The van der Waals surface area contributed by atoms with E-state index in [1.165, 1.54) is 29.0 Å². The third kappa shape index (κ3) is 6.16. The number of carbonyl (C=O) groups is 1. The molecule has 4 aromatic rings. The third-order valence-electron chi connectivity index (χ3n) is 6.20. The van der Waals surface area contributed by atoms with Crippen LogP contribution in [-0.2, 0) is 4.74 Å². The highest BCUT2D eigenvalue weighted by Crippen LogP contribution is 2.29. The number of amides is 2. The number of fused-ring (bicyclic) bond motifs is 1. The molecule has 0 radical (unpaired) electrons. The number of anilines is 2. The van der Waals surface area contributed by atoms with Gasteiger partial charge in [0.2, 0.25) is 11.6 Å². The second-order valence-corrected chi connectivity index (χ2v) is 10.1. The van der Waals surface area contributed by atoms with Crippen molar-refractivity contribution in [1.82, 2.24) is 24.3 Å². The summed E-state index contributed by atoms with van der Waals surface area (Å²) in [5.74, 6) is 0.431. The summed E-state index contributed by atoms with van der Waals surface area (Å²) < 4.78 is 17.9. The van der Waals surface area contributed by atoms with E-state index in [0.29, 0.717) is 53.8 Å². The molecule has 12 nitrogen and oxygen atoms in total. The topological polar surface area (TPSA) is 132 Å². The molecule has 0 atom stereocenters. The van der Waals surface area contributed by atoms with Gasteiger partial charge in [-0.1, -0.05) is 0 Å². The van der Waals surface area contributed by atoms with E-state index < -0.39 is 6.03 Å². The quantitative estimate of drug-likeness (QED) is 0.339. The number of methoxy groups -OCH3 is 1. The molecular formula is C26H29N7O5S. The van der Waals surface area contributed by atoms with Gasteiger partial charge in [0.15, 0.2) is 0 Å². The van der Waals surface area contributed by atoms with E-state index in [1.54, 1.807) is 24.5 Å². The Balaban J connectivity index is 1.35. The van der Waals surface area contributed by atoms with Crippen molar-refractivity contribution in [3.63, 3.8) is 0 Å². The van der Waals surface area contributed by atoms with Gasteiger partial charge in [-0.15, -0.1) is 11.3 Å². The molecule has 1 saturated heterocycles. The maximum absolute atomic E-state index is 13.2. The lowest BCUT2D eigenvalue weighted by Crippen LogP contribution is -2.38. The molecule has 1 aliphatic rings. The van der Waals surface area contributed by atoms with Crippen LogP contribution in [0, 0.1) is 13.8 Å². The SMILES string of the molecule is COc1ncc(-c2ccc3ncc(OCCN4CCOCC4)c(=O)n3c2)cc1NC(=O)Nc1sc(C)nc1C. The van der Waals surface area contributed by atoms with E-state index in [1.807, 2.05) is 19.9 Å². The number of hydrogen-bond donors (Lipinski definition) is 2. The van der Waals surface area contributed by atoms with Crippen molar-refractivity contribution in [3.05, 3.63) is 57.8 Å². The average Bonchev–Trinajstić information content (AvgIpc) is 3.26. The number of ether oxygens (including phenoxy) is 3. The highest BCUT2D eigenvalue weighted by atomic mass is 32.1. The minimum Gasteiger partial charge on any atom is -0.485 e. The number of aryl methyl sites for hydroxylation is 2.